The van der Waals surface area contributed by atoms with E-state index >= 15 is 0 Å². The first kappa shape index (κ1) is 30.3. The summed E-state index contributed by atoms with van der Waals surface area (Å²) in [5, 5.41) is 0. The van der Waals surface area contributed by atoms with E-state index in [9.17, 15) is 9.59 Å². The molecule has 0 saturated heterocycles. The predicted molar refractivity (Wildman–Crippen MR) is 147 cm³/mol. The van der Waals surface area contributed by atoms with Gasteiger partial charge in [-0.3, -0.25) is 9.59 Å². The van der Waals surface area contributed by atoms with Crippen molar-refractivity contribution < 1.29 is 23.5 Å². The molecule has 0 N–H and O–H groups in total. The minimum absolute atomic E-state index is 0.0189. The van der Waals surface area contributed by atoms with Crippen LogP contribution in [0.15, 0.2) is 41.0 Å². The molecule has 2 aromatic rings. The van der Waals surface area contributed by atoms with Crippen LogP contribution in [0, 0.1) is 11.3 Å². The Morgan fingerprint density at radius 2 is 1.73 bits per heavy atom. The molecule has 7 nitrogen and oxygen atoms in total. The van der Waals surface area contributed by atoms with Gasteiger partial charge in [0.2, 0.25) is 11.8 Å². The summed E-state index contributed by atoms with van der Waals surface area (Å²) in [5.41, 5.74) is 1.18. The van der Waals surface area contributed by atoms with Crippen LogP contribution in [0.4, 0.5) is 0 Å². The van der Waals surface area contributed by atoms with Crippen molar-refractivity contribution in [3.8, 4) is 11.5 Å². The fourth-order valence-corrected chi connectivity index (χ4v) is 4.67. The highest BCUT2D eigenvalue weighted by molar-refractivity contribution is 5.85. The van der Waals surface area contributed by atoms with Gasteiger partial charge in [0, 0.05) is 19.0 Å². The number of rotatable bonds is 14. The van der Waals surface area contributed by atoms with Crippen LogP contribution in [-0.2, 0) is 22.6 Å². The molecule has 0 aliphatic carbocycles. The van der Waals surface area contributed by atoms with Crippen LogP contribution in [0.2, 0.25) is 0 Å². The van der Waals surface area contributed by atoms with Crippen molar-refractivity contribution in [3.63, 3.8) is 0 Å². The number of carbonyl (C=O) groups excluding carboxylic acids is 2. The first-order valence-electron chi connectivity index (χ1n) is 13.3. The molecule has 0 bridgehead atoms. The molecule has 0 saturated carbocycles. The quantitative estimate of drug-likeness (QED) is 0.311. The molecule has 37 heavy (non-hydrogen) atoms. The van der Waals surface area contributed by atoms with Crippen LogP contribution in [-0.4, -0.2) is 55.0 Å². The van der Waals surface area contributed by atoms with E-state index in [1.807, 2.05) is 44.2 Å². The standard InChI is InChI=1S/C30H46N2O5/c1-9-23(3)32(28(33)17-22(2)19-30(4,5)6)21-29(34)31(20-25-11-10-16-37-25)15-14-24-12-13-26(35-7)27(18-24)36-8/h10-13,16,18,22-23H,9,14-15,17,19-21H2,1-8H3/t22-,23-/m0/s1. The summed E-state index contributed by atoms with van der Waals surface area (Å²) in [7, 11) is 3.21. The largest absolute Gasteiger partial charge is 0.493 e. The maximum atomic E-state index is 13.6. The van der Waals surface area contributed by atoms with Crippen molar-refractivity contribution in [1.29, 1.82) is 0 Å². The molecule has 0 unspecified atom stereocenters. The average Bonchev–Trinajstić information content (AvgIpc) is 3.36. The topological polar surface area (TPSA) is 72.2 Å². The minimum Gasteiger partial charge on any atom is -0.493 e. The lowest BCUT2D eigenvalue weighted by atomic mass is 9.84. The van der Waals surface area contributed by atoms with Gasteiger partial charge < -0.3 is 23.7 Å². The monoisotopic (exact) mass is 514 g/mol. The molecule has 206 valence electrons. The van der Waals surface area contributed by atoms with Gasteiger partial charge in [-0.25, -0.2) is 0 Å². The van der Waals surface area contributed by atoms with Gasteiger partial charge in [0.25, 0.3) is 0 Å². The van der Waals surface area contributed by atoms with Crippen molar-refractivity contribution in [3.05, 3.63) is 47.9 Å². The Bertz CT molecular complexity index is 980. The maximum Gasteiger partial charge on any atom is 0.242 e. The third kappa shape index (κ3) is 9.78. The number of ether oxygens (including phenoxy) is 2. The molecule has 7 heteroatoms. The number of amides is 2. The van der Waals surface area contributed by atoms with Crippen molar-refractivity contribution in [1.82, 2.24) is 9.80 Å². The Hall–Kier alpha value is -2.96. The summed E-state index contributed by atoms with van der Waals surface area (Å²) >= 11 is 0. The van der Waals surface area contributed by atoms with Crippen LogP contribution >= 0.6 is 0 Å². The zero-order valence-corrected chi connectivity index (χ0v) is 24.0. The number of nitrogens with zero attached hydrogens (tertiary/aromatic N) is 2. The Morgan fingerprint density at radius 3 is 2.30 bits per heavy atom. The lowest BCUT2D eigenvalue weighted by Gasteiger charge is -2.32. The van der Waals surface area contributed by atoms with Crippen LogP contribution in [0.25, 0.3) is 0 Å². The molecule has 0 aliphatic heterocycles. The highest BCUT2D eigenvalue weighted by Crippen LogP contribution is 2.28. The molecule has 2 rings (SSSR count). The maximum absolute atomic E-state index is 13.6. The highest BCUT2D eigenvalue weighted by atomic mass is 16.5. The molecule has 0 radical (unpaired) electrons. The second-order valence-corrected chi connectivity index (χ2v) is 11.2. The van der Waals surface area contributed by atoms with Crippen LogP contribution in [0.5, 0.6) is 11.5 Å². The normalized spacial score (nSPS) is 13.1. The van der Waals surface area contributed by atoms with Crippen molar-refractivity contribution >= 4 is 11.8 Å². The van der Waals surface area contributed by atoms with E-state index in [-0.39, 0.29) is 35.7 Å². The van der Waals surface area contributed by atoms with Gasteiger partial charge in [-0.2, -0.15) is 0 Å². The molecule has 1 heterocycles. The Morgan fingerprint density at radius 1 is 1.03 bits per heavy atom. The number of furan rings is 1. The van der Waals surface area contributed by atoms with E-state index in [0.717, 1.165) is 18.4 Å². The fourth-order valence-electron chi connectivity index (χ4n) is 4.67. The second-order valence-electron chi connectivity index (χ2n) is 11.2. The smallest absolute Gasteiger partial charge is 0.242 e. The van der Waals surface area contributed by atoms with Crippen molar-refractivity contribution in [2.24, 2.45) is 11.3 Å². The lowest BCUT2D eigenvalue weighted by Crippen LogP contribution is -2.47. The third-order valence-corrected chi connectivity index (χ3v) is 6.63. The Balaban J connectivity index is 2.17. The summed E-state index contributed by atoms with van der Waals surface area (Å²) in [4.78, 5) is 30.5. The zero-order chi connectivity index (χ0) is 27.6. The molecule has 2 atom stereocenters. The van der Waals surface area contributed by atoms with E-state index in [2.05, 4.69) is 27.7 Å². The first-order chi connectivity index (χ1) is 17.5. The van der Waals surface area contributed by atoms with E-state index in [1.54, 1.807) is 30.3 Å². The minimum atomic E-state index is -0.0889. The van der Waals surface area contributed by atoms with Gasteiger partial charge in [-0.15, -0.1) is 0 Å². The lowest BCUT2D eigenvalue weighted by molar-refractivity contribution is -0.143. The van der Waals surface area contributed by atoms with Gasteiger partial charge >= 0.3 is 0 Å². The van der Waals surface area contributed by atoms with Gasteiger partial charge in [0.05, 0.1) is 27.0 Å². The SMILES string of the molecule is CC[C@H](C)N(CC(=O)N(CCc1ccc(OC)c(OC)c1)Cc1ccco1)C(=O)C[C@H](C)CC(C)(C)C. The van der Waals surface area contributed by atoms with Gasteiger partial charge in [-0.05, 0) is 67.3 Å². The van der Waals surface area contributed by atoms with Crippen LogP contribution < -0.4 is 9.47 Å². The van der Waals surface area contributed by atoms with Gasteiger partial charge in [0.15, 0.2) is 11.5 Å². The molecule has 0 aliphatic rings. The summed E-state index contributed by atoms with van der Waals surface area (Å²) in [6.07, 6.45) is 4.43. The molecule has 1 aromatic carbocycles. The summed E-state index contributed by atoms with van der Waals surface area (Å²) in [6, 6.07) is 9.44. The number of benzene rings is 1. The fraction of sp³-hybridized carbons (Fsp3) is 0.600. The Labute approximate surface area is 223 Å². The molecule has 0 spiro atoms. The first-order valence-corrected chi connectivity index (χ1v) is 13.3. The molecular weight excluding hydrogens is 468 g/mol. The summed E-state index contributed by atoms with van der Waals surface area (Å²) in [5.74, 6) is 2.23. The van der Waals surface area contributed by atoms with Crippen LogP contribution in [0.1, 0.15) is 72.1 Å². The third-order valence-electron chi connectivity index (χ3n) is 6.63. The van der Waals surface area contributed by atoms with Crippen molar-refractivity contribution in [2.45, 2.75) is 79.8 Å². The average molecular weight is 515 g/mol. The van der Waals surface area contributed by atoms with Gasteiger partial charge in [-0.1, -0.05) is 40.7 Å². The van der Waals surface area contributed by atoms with E-state index in [1.165, 1.54) is 0 Å². The molecule has 2 amide bonds. The van der Waals surface area contributed by atoms with Crippen molar-refractivity contribution in [2.75, 3.05) is 27.3 Å². The Kier molecular flexibility index (Phi) is 11.5. The summed E-state index contributed by atoms with van der Waals surface area (Å²) in [6.45, 7) is 13.6. The highest BCUT2D eigenvalue weighted by Gasteiger charge is 2.27. The molecule has 1 aromatic heterocycles. The van der Waals surface area contributed by atoms with Crippen LogP contribution in [0.3, 0.4) is 0 Å². The van der Waals surface area contributed by atoms with Gasteiger partial charge in [0.1, 0.15) is 12.3 Å². The molecular formula is C30H46N2O5. The summed E-state index contributed by atoms with van der Waals surface area (Å²) < 4.78 is 16.3. The second kappa shape index (κ2) is 14.1. The predicted octanol–water partition coefficient (Wildman–Crippen LogP) is 5.96. The van der Waals surface area contributed by atoms with E-state index in [4.69, 9.17) is 13.9 Å². The number of hydrogen-bond donors (Lipinski definition) is 0. The van der Waals surface area contributed by atoms with E-state index < -0.39 is 0 Å². The molecule has 0 fully saturated rings. The number of methoxy groups -OCH3 is 2. The zero-order valence-electron chi connectivity index (χ0n) is 24.0. The number of hydrogen-bond acceptors (Lipinski definition) is 5. The van der Waals surface area contributed by atoms with E-state index in [0.29, 0.717) is 43.2 Å². The number of carbonyl (C=O) groups is 2.